The molecule has 2 aromatic heterocycles. The Morgan fingerprint density at radius 2 is 1.81 bits per heavy atom. The molecule has 0 radical (unpaired) electrons. The second kappa shape index (κ2) is 8.50. The van der Waals surface area contributed by atoms with Crippen molar-refractivity contribution in [2.24, 2.45) is 0 Å². The first-order valence-corrected chi connectivity index (χ1v) is 9.84. The van der Waals surface area contributed by atoms with Crippen LogP contribution in [0.2, 0.25) is 0 Å². The van der Waals surface area contributed by atoms with Crippen molar-refractivity contribution in [2.75, 3.05) is 7.11 Å². The highest BCUT2D eigenvalue weighted by atomic mass is 19.1. The summed E-state index contributed by atoms with van der Waals surface area (Å²) >= 11 is 0. The summed E-state index contributed by atoms with van der Waals surface area (Å²) in [5.41, 5.74) is 0.193. The Balaban J connectivity index is 1.83. The normalized spacial score (nSPS) is 11.8. The number of benzene rings is 2. The lowest BCUT2D eigenvalue weighted by molar-refractivity contribution is 0.0935. The first-order valence-electron chi connectivity index (χ1n) is 9.84. The molecule has 0 unspecified atom stereocenters. The number of carbonyl (C=O) groups excluding carboxylic acids is 1. The van der Waals surface area contributed by atoms with Crippen LogP contribution in [0.25, 0.3) is 16.7 Å². The van der Waals surface area contributed by atoms with Crippen molar-refractivity contribution in [1.29, 1.82) is 0 Å². The summed E-state index contributed by atoms with van der Waals surface area (Å²) in [4.78, 5) is 30.7. The smallest absolute Gasteiger partial charge is 0.273 e. The van der Waals surface area contributed by atoms with Crippen LogP contribution in [0.1, 0.15) is 28.9 Å². The van der Waals surface area contributed by atoms with Crippen molar-refractivity contribution in [3.05, 3.63) is 94.2 Å². The third-order valence-corrected chi connectivity index (χ3v) is 5.18. The number of ether oxygens (including phenoxy) is 1. The second-order valence-corrected chi connectivity index (χ2v) is 7.18. The molecule has 0 aliphatic heterocycles. The van der Waals surface area contributed by atoms with E-state index >= 15 is 0 Å². The van der Waals surface area contributed by atoms with Gasteiger partial charge in [0.25, 0.3) is 11.5 Å². The van der Waals surface area contributed by atoms with E-state index in [-0.39, 0.29) is 11.0 Å². The summed E-state index contributed by atoms with van der Waals surface area (Å²) in [6.45, 7) is 1.70. The van der Waals surface area contributed by atoms with Gasteiger partial charge in [0.1, 0.15) is 22.9 Å². The third kappa shape index (κ3) is 3.78. The van der Waals surface area contributed by atoms with Gasteiger partial charge in [0.15, 0.2) is 5.65 Å². The Kier molecular flexibility index (Phi) is 5.59. The minimum Gasteiger partial charge on any atom is -0.506 e. The van der Waals surface area contributed by atoms with Crippen LogP contribution in [0.5, 0.6) is 11.5 Å². The maximum Gasteiger partial charge on any atom is 0.273 e. The fraction of sp³-hybridized carbons (Fsp3) is 0.125. The monoisotopic (exact) mass is 433 g/mol. The van der Waals surface area contributed by atoms with Gasteiger partial charge in [0.05, 0.1) is 24.2 Å². The topological polar surface area (TPSA) is 93.5 Å². The highest BCUT2D eigenvalue weighted by Gasteiger charge is 2.24. The van der Waals surface area contributed by atoms with E-state index in [4.69, 9.17) is 4.74 Å². The number of methoxy groups -OCH3 is 1. The molecule has 0 bridgehead atoms. The van der Waals surface area contributed by atoms with E-state index in [1.54, 1.807) is 55.5 Å². The van der Waals surface area contributed by atoms with Gasteiger partial charge in [-0.15, -0.1) is 0 Å². The van der Waals surface area contributed by atoms with E-state index in [0.717, 1.165) is 0 Å². The number of carbonyl (C=O) groups is 1. The average Bonchev–Trinajstić information content (AvgIpc) is 2.80. The molecule has 0 aliphatic rings. The molecule has 162 valence electrons. The molecule has 2 N–H and O–H groups in total. The number of hydrogen-bond donors (Lipinski definition) is 2. The summed E-state index contributed by atoms with van der Waals surface area (Å²) in [5.74, 6) is -0.998. The number of fused-ring (bicyclic) bond motifs is 1. The summed E-state index contributed by atoms with van der Waals surface area (Å²) in [6, 6.07) is 15.0. The molecule has 1 amide bonds. The molecule has 1 atom stereocenters. The number of halogens is 1. The first kappa shape index (κ1) is 21.0. The minimum atomic E-state index is -0.752. The minimum absolute atomic E-state index is 0.211. The van der Waals surface area contributed by atoms with E-state index in [1.165, 1.54) is 30.0 Å². The number of nitrogens with zero attached hydrogens (tertiary/aromatic N) is 2. The van der Waals surface area contributed by atoms with Gasteiger partial charge in [0.2, 0.25) is 0 Å². The Morgan fingerprint density at radius 3 is 2.47 bits per heavy atom. The van der Waals surface area contributed by atoms with Crippen LogP contribution in [-0.2, 0) is 0 Å². The molecule has 0 saturated heterocycles. The largest absolute Gasteiger partial charge is 0.506 e. The quantitative estimate of drug-likeness (QED) is 0.500. The molecular formula is C24H20FN3O4. The Morgan fingerprint density at radius 1 is 1.12 bits per heavy atom. The number of nitrogens with one attached hydrogen (secondary N) is 1. The number of amides is 1. The van der Waals surface area contributed by atoms with Crippen LogP contribution in [-0.4, -0.2) is 27.7 Å². The maximum absolute atomic E-state index is 13.4. The van der Waals surface area contributed by atoms with E-state index in [1.807, 2.05) is 0 Å². The van der Waals surface area contributed by atoms with Crippen LogP contribution in [0.15, 0.2) is 71.7 Å². The molecular weight excluding hydrogens is 413 g/mol. The van der Waals surface area contributed by atoms with Gasteiger partial charge in [-0.05, 0) is 61.0 Å². The van der Waals surface area contributed by atoms with Crippen LogP contribution < -0.4 is 15.6 Å². The number of rotatable bonds is 5. The predicted molar refractivity (Wildman–Crippen MR) is 118 cm³/mol. The number of aromatic hydroxyl groups is 1. The second-order valence-electron chi connectivity index (χ2n) is 7.18. The van der Waals surface area contributed by atoms with Crippen LogP contribution >= 0.6 is 0 Å². The summed E-state index contributed by atoms with van der Waals surface area (Å²) in [5, 5.41) is 13.7. The molecule has 8 heteroatoms. The fourth-order valence-corrected chi connectivity index (χ4v) is 3.48. The van der Waals surface area contributed by atoms with Gasteiger partial charge in [-0.1, -0.05) is 12.1 Å². The van der Waals surface area contributed by atoms with E-state index in [2.05, 4.69) is 10.3 Å². The molecule has 4 rings (SSSR count). The molecule has 0 spiro atoms. The van der Waals surface area contributed by atoms with Crippen molar-refractivity contribution < 1.29 is 19.0 Å². The molecule has 7 nitrogen and oxygen atoms in total. The molecule has 4 aromatic rings. The van der Waals surface area contributed by atoms with Crippen LogP contribution in [0.4, 0.5) is 4.39 Å². The fourth-order valence-electron chi connectivity index (χ4n) is 3.48. The SMILES string of the molecule is COc1ccc(-n2c(=O)c(C(=O)N[C@@H](C)c3ccc(F)cc3)c(O)c3cccnc32)cc1. The lowest BCUT2D eigenvalue weighted by Crippen LogP contribution is -2.34. The maximum atomic E-state index is 13.4. The van der Waals surface area contributed by atoms with Gasteiger partial charge in [-0.2, -0.15) is 0 Å². The van der Waals surface area contributed by atoms with Crippen LogP contribution in [0.3, 0.4) is 0 Å². The number of pyridine rings is 2. The zero-order valence-corrected chi connectivity index (χ0v) is 17.4. The highest BCUT2D eigenvalue weighted by Crippen LogP contribution is 2.27. The Labute approximate surface area is 182 Å². The van der Waals surface area contributed by atoms with Crippen molar-refractivity contribution in [1.82, 2.24) is 14.9 Å². The molecule has 2 aromatic carbocycles. The van der Waals surface area contributed by atoms with Crippen molar-refractivity contribution in [2.45, 2.75) is 13.0 Å². The number of hydrogen-bond acceptors (Lipinski definition) is 5. The van der Waals surface area contributed by atoms with E-state index in [0.29, 0.717) is 17.0 Å². The van der Waals surface area contributed by atoms with Crippen LogP contribution in [0, 0.1) is 5.82 Å². The van der Waals surface area contributed by atoms with Gasteiger partial charge in [0, 0.05) is 6.20 Å². The average molecular weight is 433 g/mol. The van der Waals surface area contributed by atoms with Gasteiger partial charge in [-0.25, -0.2) is 9.37 Å². The summed E-state index contributed by atoms with van der Waals surface area (Å²) in [6.07, 6.45) is 1.50. The summed E-state index contributed by atoms with van der Waals surface area (Å²) < 4.78 is 19.6. The van der Waals surface area contributed by atoms with E-state index < -0.39 is 34.6 Å². The van der Waals surface area contributed by atoms with Crippen molar-refractivity contribution in [3.8, 4) is 17.2 Å². The molecule has 32 heavy (non-hydrogen) atoms. The van der Waals surface area contributed by atoms with Crippen molar-refractivity contribution in [3.63, 3.8) is 0 Å². The van der Waals surface area contributed by atoms with Gasteiger partial charge < -0.3 is 15.2 Å². The predicted octanol–water partition coefficient (Wildman–Crippen LogP) is 3.73. The zero-order valence-electron chi connectivity index (χ0n) is 17.4. The van der Waals surface area contributed by atoms with Gasteiger partial charge >= 0.3 is 0 Å². The molecule has 0 saturated carbocycles. The van der Waals surface area contributed by atoms with Crippen molar-refractivity contribution >= 4 is 16.9 Å². The Bertz CT molecular complexity index is 1350. The summed E-state index contributed by atoms with van der Waals surface area (Å²) in [7, 11) is 1.53. The highest BCUT2D eigenvalue weighted by molar-refractivity contribution is 6.02. The standard InChI is InChI=1S/C24H20FN3O4/c1-14(15-5-7-16(25)8-6-15)27-23(30)20-21(29)19-4-3-13-26-22(19)28(24(20)31)17-9-11-18(32-2)12-10-17/h3-14,29H,1-2H3,(H,27,30)/t14-/m0/s1. The first-order chi connectivity index (χ1) is 15.4. The molecule has 0 fully saturated rings. The number of aromatic nitrogens is 2. The Hall–Kier alpha value is -4.20. The lowest BCUT2D eigenvalue weighted by Gasteiger charge is -2.17. The van der Waals surface area contributed by atoms with Gasteiger partial charge in [-0.3, -0.25) is 14.2 Å². The molecule has 0 aliphatic carbocycles. The molecule has 2 heterocycles. The van der Waals surface area contributed by atoms with E-state index in [9.17, 15) is 19.1 Å². The third-order valence-electron chi connectivity index (χ3n) is 5.18. The lowest BCUT2D eigenvalue weighted by atomic mass is 10.1. The zero-order chi connectivity index (χ0) is 22.8.